The van der Waals surface area contributed by atoms with E-state index in [9.17, 15) is 0 Å². The molecule has 4 aliphatic carbocycles. The second-order valence-corrected chi connectivity index (χ2v) is 19.7. The van der Waals surface area contributed by atoms with Gasteiger partial charge in [-0.25, -0.2) is 0 Å². The van der Waals surface area contributed by atoms with Crippen LogP contribution in [0, 0.1) is 0 Å². The van der Waals surface area contributed by atoms with E-state index in [1.165, 1.54) is 159 Å². The number of anilines is 3. The van der Waals surface area contributed by atoms with Gasteiger partial charge in [0.2, 0.25) is 0 Å². The molecule has 0 N–H and O–H groups in total. The number of nitrogens with zero attached hydrogens (tertiary/aromatic N) is 1. The Balaban J connectivity index is 1.06. The molecular weight excluding hydrogens is 759 g/mol. The molecule has 63 heavy (non-hydrogen) atoms. The quantitative estimate of drug-likeness (QED) is 0.155. The molecule has 1 unspecified atom stereocenters. The highest BCUT2D eigenvalue weighted by Gasteiger charge is 2.46. The fourth-order valence-electron chi connectivity index (χ4n) is 12.7. The minimum absolute atomic E-state index is 0.123. The summed E-state index contributed by atoms with van der Waals surface area (Å²) in [6.45, 7) is 4.91. The number of hydrogen-bond donors (Lipinski definition) is 0. The fourth-order valence-corrected chi connectivity index (χ4v) is 12.7. The molecule has 0 saturated heterocycles. The van der Waals surface area contributed by atoms with Gasteiger partial charge in [-0.15, -0.1) is 0 Å². The molecular formula is C62H57N. The van der Waals surface area contributed by atoms with Crippen LogP contribution in [0.25, 0.3) is 33.0 Å². The lowest BCUT2D eigenvalue weighted by molar-refractivity contribution is 0.443. The van der Waals surface area contributed by atoms with Crippen molar-refractivity contribution in [1.82, 2.24) is 0 Å². The smallest absolute Gasteiger partial charge is 0.0714 e. The monoisotopic (exact) mass is 815 g/mol. The Kier molecular flexibility index (Phi) is 9.33. The zero-order valence-corrected chi connectivity index (χ0v) is 36.9. The summed E-state index contributed by atoms with van der Waals surface area (Å²) in [5.41, 5.74) is 19.6. The summed E-state index contributed by atoms with van der Waals surface area (Å²) in [6.07, 6.45) is 13.4. The molecule has 2 fully saturated rings. The Bertz CT molecular complexity index is 2990. The molecule has 0 aliphatic heterocycles. The van der Waals surface area contributed by atoms with Gasteiger partial charge >= 0.3 is 0 Å². The van der Waals surface area contributed by atoms with Crippen LogP contribution in [-0.2, 0) is 10.8 Å². The van der Waals surface area contributed by atoms with E-state index in [0.717, 1.165) is 0 Å². The van der Waals surface area contributed by atoms with Crippen molar-refractivity contribution in [3.63, 3.8) is 0 Å². The SMILES string of the molecule is CC1(C)c2cc(C3CCCCC3)ccc2-c2ccc(N(c3ccc4c(c3)C(c3ccccc3)(c3ccc(C5CCCCC5)cc3)c3ccccc3-4)c3cccc4ccccc34)cc21. The van der Waals surface area contributed by atoms with Crippen molar-refractivity contribution in [3.05, 3.63) is 220 Å². The summed E-state index contributed by atoms with van der Waals surface area (Å²) in [7, 11) is 0. The Morgan fingerprint density at radius 2 is 0.921 bits per heavy atom. The minimum atomic E-state index is -0.490. The summed E-state index contributed by atoms with van der Waals surface area (Å²) in [5, 5.41) is 2.49. The maximum absolute atomic E-state index is 2.58. The van der Waals surface area contributed by atoms with Crippen molar-refractivity contribution in [1.29, 1.82) is 0 Å². The molecule has 0 heterocycles. The van der Waals surface area contributed by atoms with E-state index in [-0.39, 0.29) is 5.41 Å². The highest BCUT2D eigenvalue weighted by atomic mass is 15.1. The molecule has 8 aromatic rings. The topological polar surface area (TPSA) is 3.24 Å². The first-order chi connectivity index (χ1) is 31.0. The Hall–Kier alpha value is -6.18. The van der Waals surface area contributed by atoms with Gasteiger partial charge < -0.3 is 4.90 Å². The van der Waals surface area contributed by atoms with E-state index in [1.807, 2.05) is 0 Å². The first-order valence-electron chi connectivity index (χ1n) is 24.0. The van der Waals surface area contributed by atoms with E-state index in [2.05, 4.69) is 195 Å². The minimum Gasteiger partial charge on any atom is -0.310 e. The summed E-state index contributed by atoms with van der Waals surface area (Å²) < 4.78 is 0. The second-order valence-electron chi connectivity index (χ2n) is 19.7. The first-order valence-corrected chi connectivity index (χ1v) is 24.0. The van der Waals surface area contributed by atoms with Crippen molar-refractivity contribution >= 4 is 27.8 Å². The fraction of sp³-hybridized carbons (Fsp3) is 0.258. The molecule has 0 bridgehead atoms. The third-order valence-electron chi connectivity index (χ3n) is 15.9. The lowest BCUT2D eigenvalue weighted by Crippen LogP contribution is -2.29. The van der Waals surface area contributed by atoms with Gasteiger partial charge in [-0.3, -0.25) is 0 Å². The second kappa shape index (κ2) is 15.3. The molecule has 8 aromatic carbocycles. The van der Waals surface area contributed by atoms with Gasteiger partial charge in [-0.05, 0) is 140 Å². The molecule has 0 radical (unpaired) electrons. The Morgan fingerprint density at radius 3 is 1.65 bits per heavy atom. The lowest BCUT2D eigenvalue weighted by Gasteiger charge is -2.35. The molecule has 4 aliphatic rings. The van der Waals surface area contributed by atoms with Crippen LogP contribution in [0.4, 0.5) is 17.1 Å². The van der Waals surface area contributed by atoms with E-state index < -0.39 is 5.41 Å². The van der Waals surface area contributed by atoms with E-state index in [0.29, 0.717) is 11.8 Å². The summed E-state index contributed by atoms with van der Waals surface area (Å²) >= 11 is 0. The highest BCUT2D eigenvalue weighted by Crippen LogP contribution is 2.58. The molecule has 1 atom stereocenters. The summed E-state index contributed by atoms with van der Waals surface area (Å²) in [4.78, 5) is 2.56. The molecule has 2 saturated carbocycles. The Morgan fingerprint density at radius 1 is 0.397 bits per heavy atom. The van der Waals surface area contributed by atoms with Gasteiger partial charge in [0.05, 0.1) is 11.1 Å². The van der Waals surface area contributed by atoms with Crippen molar-refractivity contribution in [2.24, 2.45) is 0 Å². The molecule has 310 valence electrons. The molecule has 12 rings (SSSR count). The number of hydrogen-bond acceptors (Lipinski definition) is 1. The van der Waals surface area contributed by atoms with Gasteiger partial charge in [-0.2, -0.15) is 0 Å². The summed E-state index contributed by atoms with van der Waals surface area (Å²) in [6, 6.07) is 68.2. The average molecular weight is 816 g/mol. The average Bonchev–Trinajstić information content (AvgIpc) is 3.77. The van der Waals surface area contributed by atoms with Crippen LogP contribution in [0.2, 0.25) is 0 Å². The maximum atomic E-state index is 2.58. The lowest BCUT2D eigenvalue weighted by atomic mass is 9.67. The maximum Gasteiger partial charge on any atom is 0.0714 e. The normalized spacial score (nSPS) is 19.0. The standard InChI is InChI=1S/C62H57N/c1-61(2)57-39-46(43-19-8-4-9-20-43)31-36-53(57)54-37-34-49(40-58(54)61)63(60-28-16-22-45-21-12-13-25-51(45)60)50-35-38-55-52-26-14-15-27-56(52)62(59(55)41-50,47-23-10-5-11-24-47)48-32-29-44(30-33-48)42-17-6-3-7-18-42/h5,10-16,21-43H,3-4,6-9,17-20H2,1-2H3. The van der Waals surface area contributed by atoms with Gasteiger partial charge in [0.1, 0.15) is 0 Å². The zero-order chi connectivity index (χ0) is 42.1. The third-order valence-corrected chi connectivity index (χ3v) is 15.9. The number of benzene rings is 8. The molecule has 0 spiro atoms. The van der Waals surface area contributed by atoms with Crippen LogP contribution in [0.5, 0.6) is 0 Å². The van der Waals surface area contributed by atoms with Crippen molar-refractivity contribution in [2.45, 2.75) is 101 Å². The van der Waals surface area contributed by atoms with E-state index in [1.54, 1.807) is 0 Å². The van der Waals surface area contributed by atoms with Gasteiger partial charge in [-0.1, -0.05) is 198 Å². The van der Waals surface area contributed by atoms with Gasteiger partial charge in [0, 0.05) is 22.2 Å². The molecule has 1 heteroatoms. The van der Waals surface area contributed by atoms with Crippen LogP contribution in [-0.4, -0.2) is 0 Å². The zero-order valence-electron chi connectivity index (χ0n) is 36.9. The number of fused-ring (bicyclic) bond motifs is 7. The highest BCUT2D eigenvalue weighted by molar-refractivity contribution is 6.00. The van der Waals surface area contributed by atoms with Crippen molar-refractivity contribution in [2.75, 3.05) is 4.90 Å². The van der Waals surface area contributed by atoms with Crippen LogP contribution >= 0.6 is 0 Å². The number of rotatable bonds is 7. The largest absolute Gasteiger partial charge is 0.310 e. The van der Waals surface area contributed by atoms with Crippen LogP contribution < -0.4 is 4.90 Å². The van der Waals surface area contributed by atoms with E-state index in [4.69, 9.17) is 0 Å². The molecule has 0 aromatic heterocycles. The van der Waals surface area contributed by atoms with Crippen LogP contribution in [0.3, 0.4) is 0 Å². The summed E-state index contributed by atoms with van der Waals surface area (Å²) in [5.74, 6) is 1.35. The molecule has 0 amide bonds. The van der Waals surface area contributed by atoms with Crippen LogP contribution in [0.1, 0.15) is 134 Å². The first kappa shape index (κ1) is 38.5. The molecule has 1 nitrogen and oxygen atoms in total. The van der Waals surface area contributed by atoms with Gasteiger partial charge in [0.25, 0.3) is 0 Å². The predicted octanol–water partition coefficient (Wildman–Crippen LogP) is 17.1. The van der Waals surface area contributed by atoms with Crippen LogP contribution in [0.15, 0.2) is 176 Å². The third kappa shape index (κ3) is 6.10. The van der Waals surface area contributed by atoms with Crippen molar-refractivity contribution < 1.29 is 0 Å². The Labute approximate surface area is 374 Å². The van der Waals surface area contributed by atoms with Crippen molar-refractivity contribution in [3.8, 4) is 22.3 Å². The predicted molar refractivity (Wildman–Crippen MR) is 265 cm³/mol. The van der Waals surface area contributed by atoms with E-state index >= 15 is 0 Å². The van der Waals surface area contributed by atoms with Gasteiger partial charge in [0.15, 0.2) is 0 Å².